The van der Waals surface area contributed by atoms with Crippen molar-refractivity contribution in [3.05, 3.63) is 51.8 Å². The van der Waals surface area contributed by atoms with Gasteiger partial charge >= 0.3 is 0 Å². The number of ether oxygens (including phenoxy) is 2. The van der Waals surface area contributed by atoms with Gasteiger partial charge in [-0.3, -0.25) is 9.59 Å². The van der Waals surface area contributed by atoms with Gasteiger partial charge in [0.05, 0.1) is 25.0 Å². The molecule has 1 heterocycles. The van der Waals surface area contributed by atoms with Gasteiger partial charge in [0.2, 0.25) is 0 Å². The Morgan fingerprint density at radius 3 is 2.55 bits per heavy atom. The van der Waals surface area contributed by atoms with E-state index in [4.69, 9.17) is 9.47 Å². The molecule has 0 amide bonds. The monoisotopic (exact) mass is 301 g/mol. The molecule has 1 aromatic carbocycles. The van der Waals surface area contributed by atoms with Gasteiger partial charge in [-0.1, -0.05) is 0 Å². The normalized spacial score (nSPS) is 10.5. The summed E-state index contributed by atoms with van der Waals surface area (Å²) in [5.74, 6) is 0.791. The molecule has 2 aromatic rings. The van der Waals surface area contributed by atoms with Crippen LogP contribution in [0.1, 0.15) is 15.9 Å². The first-order valence-corrected chi connectivity index (χ1v) is 6.95. The van der Waals surface area contributed by atoms with Crippen molar-refractivity contribution < 1.29 is 14.3 Å². The minimum absolute atomic E-state index is 0.144. The molecule has 0 aliphatic carbocycles. The van der Waals surface area contributed by atoms with Gasteiger partial charge in [0.1, 0.15) is 5.75 Å². The molecular weight excluding hydrogens is 282 g/mol. The van der Waals surface area contributed by atoms with Crippen LogP contribution < -0.4 is 10.3 Å². The minimum Gasteiger partial charge on any atom is -0.496 e. The third-order valence-electron chi connectivity index (χ3n) is 3.54. The van der Waals surface area contributed by atoms with Gasteiger partial charge in [-0.2, -0.15) is 0 Å². The highest BCUT2D eigenvalue weighted by atomic mass is 16.5. The van der Waals surface area contributed by atoms with E-state index in [2.05, 4.69) is 0 Å². The van der Waals surface area contributed by atoms with Crippen molar-refractivity contribution in [2.24, 2.45) is 0 Å². The summed E-state index contributed by atoms with van der Waals surface area (Å²) in [7, 11) is 3.20. The molecular formula is C17H19NO4. The molecule has 0 saturated carbocycles. The second-order valence-corrected chi connectivity index (χ2v) is 4.93. The van der Waals surface area contributed by atoms with Crippen LogP contribution in [0.2, 0.25) is 0 Å². The number of carbonyl (C=O) groups excluding carboxylic acids is 1. The predicted octanol–water partition coefficient (Wildman–Crippen LogP) is 2.29. The molecule has 0 bridgehead atoms. The van der Waals surface area contributed by atoms with Crippen LogP contribution in [0.4, 0.5) is 0 Å². The highest BCUT2D eigenvalue weighted by Crippen LogP contribution is 2.25. The molecule has 0 unspecified atom stereocenters. The summed E-state index contributed by atoms with van der Waals surface area (Å²) >= 11 is 0. The molecule has 0 radical (unpaired) electrons. The minimum atomic E-state index is -0.307. The van der Waals surface area contributed by atoms with E-state index >= 15 is 0 Å². The van der Waals surface area contributed by atoms with Crippen LogP contribution in [0.15, 0.2) is 35.1 Å². The van der Waals surface area contributed by atoms with Gasteiger partial charge in [-0.05, 0) is 48.4 Å². The van der Waals surface area contributed by atoms with Crippen molar-refractivity contribution in [1.82, 2.24) is 4.57 Å². The highest BCUT2D eigenvalue weighted by molar-refractivity contribution is 5.75. The largest absolute Gasteiger partial charge is 0.496 e. The third-order valence-corrected chi connectivity index (χ3v) is 3.54. The lowest BCUT2D eigenvalue weighted by Gasteiger charge is -2.14. The highest BCUT2D eigenvalue weighted by Gasteiger charge is 2.11. The van der Waals surface area contributed by atoms with Gasteiger partial charge in [0.15, 0.2) is 6.29 Å². The van der Waals surface area contributed by atoms with Gasteiger partial charge in [-0.25, -0.2) is 0 Å². The van der Waals surface area contributed by atoms with E-state index in [0.29, 0.717) is 19.4 Å². The Morgan fingerprint density at radius 1 is 1.18 bits per heavy atom. The van der Waals surface area contributed by atoms with E-state index in [1.165, 1.54) is 0 Å². The SMILES string of the molecule is COCCn1c(-c2ccc(OC)c(C)c2)ccc(C=O)c1=O. The van der Waals surface area contributed by atoms with Crippen molar-refractivity contribution in [1.29, 1.82) is 0 Å². The predicted molar refractivity (Wildman–Crippen MR) is 84.7 cm³/mol. The fourth-order valence-electron chi connectivity index (χ4n) is 2.38. The first kappa shape index (κ1) is 16.0. The number of carbonyl (C=O) groups is 1. The zero-order chi connectivity index (χ0) is 16.1. The lowest BCUT2D eigenvalue weighted by atomic mass is 10.1. The summed E-state index contributed by atoms with van der Waals surface area (Å²) in [4.78, 5) is 23.3. The Kier molecular flexibility index (Phi) is 5.12. The van der Waals surface area contributed by atoms with Crippen LogP contribution in [0.25, 0.3) is 11.3 Å². The molecule has 0 N–H and O–H groups in total. The second kappa shape index (κ2) is 7.04. The van der Waals surface area contributed by atoms with Crippen molar-refractivity contribution in [3.63, 3.8) is 0 Å². The van der Waals surface area contributed by atoms with Crippen molar-refractivity contribution in [3.8, 4) is 17.0 Å². The van der Waals surface area contributed by atoms with Gasteiger partial charge in [0, 0.05) is 13.7 Å². The standard InChI is InChI=1S/C17H19NO4/c1-12-10-13(5-7-16(12)22-3)15-6-4-14(11-19)17(20)18(15)8-9-21-2/h4-7,10-11H,8-9H2,1-3H3. The number of pyridine rings is 1. The number of nitrogens with zero attached hydrogens (tertiary/aromatic N) is 1. The average Bonchev–Trinajstić information content (AvgIpc) is 2.53. The van der Waals surface area contributed by atoms with Crippen molar-refractivity contribution in [2.45, 2.75) is 13.5 Å². The van der Waals surface area contributed by atoms with Gasteiger partial charge in [-0.15, -0.1) is 0 Å². The Bertz CT molecular complexity index is 734. The Morgan fingerprint density at radius 2 is 1.95 bits per heavy atom. The molecule has 0 fully saturated rings. The van der Waals surface area contributed by atoms with E-state index in [1.54, 1.807) is 30.9 Å². The number of hydrogen-bond donors (Lipinski definition) is 0. The van der Waals surface area contributed by atoms with E-state index in [0.717, 1.165) is 22.6 Å². The number of methoxy groups -OCH3 is 2. The van der Waals surface area contributed by atoms with Gasteiger partial charge < -0.3 is 14.0 Å². The molecule has 2 rings (SSSR count). The smallest absolute Gasteiger partial charge is 0.261 e. The fourth-order valence-corrected chi connectivity index (χ4v) is 2.38. The van der Waals surface area contributed by atoms with Crippen LogP contribution in [0.3, 0.4) is 0 Å². The number of aromatic nitrogens is 1. The molecule has 0 spiro atoms. The van der Waals surface area contributed by atoms with Crippen molar-refractivity contribution in [2.75, 3.05) is 20.8 Å². The lowest BCUT2D eigenvalue weighted by molar-refractivity contribution is 0.112. The first-order chi connectivity index (χ1) is 10.6. The molecule has 0 aliphatic heterocycles. The summed E-state index contributed by atoms with van der Waals surface area (Å²) in [6.07, 6.45) is 0.578. The molecule has 0 aliphatic rings. The molecule has 5 nitrogen and oxygen atoms in total. The Balaban J connectivity index is 2.58. The maximum Gasteiger partial charge on any atom is 0.261 e. The van der Waals surface area contributed by atoms with E-state index in [-0.39, 0.29) is 11.1 Å². The second-order valence-electron chi connectivity index (χ2n) is 4.93. The van der Waals surface area contributed by atoms with Crippen LogP contribution in [-0.4, -0.2) is 31.7 Å². The van der Waals surface area contributed by atoms with E-state index < -0.39 is 0 Å². The zero-order valence-electron chi connectivity index (χ0n) is 13.0. The Hall–Kier alpha value is -2.40. The summed E-state index contributed by atoms with van der Waals surface area (Å²) in [6, 6.07) is 9.04. The van der Waals surface area contributed by atoms with Crippen LogP contribution in [0.5, 0.6) is 5.75 Å². The number of benzene rings is 1. The van der Waals surface area contributed by atoms with Crippen LogP contribution >= 0.6 is 0 Å². The van der Waals surface area contributed by atoms with E-state index in [9.17, 15) is 9.59 Å². The summed E-state index contributed by atoms with van der Waals surface area (Å²) in [5, 5.41) is 0. The number of aryl methyl sites for hydroxylation is 1. The summed E-state index contributed by atoms with van der Waals surface area (Å²) in [6.45, 7) is 2.72. The number of hydrogen-bond acceptors (Lipinski definition) is 4. The maximum absolute atomic E-state index is 12.4. The van der Waals surface area contributed by atoms with Gasteiger partial charge in [0.25, 0.3) is 5.56 Å². The summed E-state index contributed by atoms with van der Waals surface area (Å²) < 4.78 is 11.9. The van der Waals surface area contributed by atoms with Crippen molar-refractivity contribution >= 4 is 6.29 Å². The molecule has 5 heteroatoms. The van der Waals surface area contributed by atoms with E-state index in [1.807, 2.05) is 25.1 Å². The quantitative estimate of drug-likeness (QED) is 0.768. The number of rotatable bonds is 6. The molecule has 116 valence electrons. The third kappa shape index (κ3) is 3.09. The van der Waals surface area contributed by atoms with Crippen LogP contribution in [-0.2, 0) is 11.3 Å². The zero-order valence-corrected chi connectivity index (χ0v) is 13.0. The first-order valence-electron chi connectivity index (χ1n) is 6.95. The maximum atomic E-state index is 12.4. The van der Waals surface area contributed by atoms with Crippen LogP contribution in [0, 0.1) is 6.92 Å². The molecule has 0 atom stereocenters. The topological polar surface area (TPSA) is 57.5 Å². The number of aldehydes is 1. The molecule has 0 saturated heterocycles. The average molecular weight is 301 g/mol. The molecule has 22 heavy (non-hydrogen) atoms. The fraction of sp³-hybridized carbons (Fsp3) is 0.294. The summed E-state index contributed by atoms with van der Waals surface area (Å²) in [5.41, 5.74) is 2.45. The Labute approximate surface area is 129 Å². The lowest BCUT2D eigenvalue weighted by Crippen LogP contribution is -2.26. The molecule has 1 aromatic heterocycles.